The molecule has 4 rings (SSSR count). The molecule has 3 aromatic rings. The van der Waals surface area contributed by atoms with Crippen molar-refractivity contribution in [1.82, 2.24) is 19.2 Å². The molecule has 1 saturated heterocycles. The minimum atomic E-state index is -0.301. The van der Waals surface area contributed by atoms with Crippen LogP contribution in [0.1, 0.15) is 61.5 Å². The highest BCUT2D eigenvalue weighted by Gasteiger charge is 2.18. The molecule has 174 valence electrons. The van der Waals surface area contributed by atoms with Crippen LogP contribution >= 0.6 is 0 Å². The number of fused-ring (bicyclic) bond motifs is 1. The molecule has 7 heteroatoms. The van der Waals surface area contributed by atoms with Gasteiger partial charge in [-0.1, -0.05) is 25.7 Å². The molecule has 0 atom stereocenters. The number of amides is 1. The van der Waals surface area contributed by atoms with Crippen LogP contribution < -0.4 is 5.49 Å². The zero-order chi connectivity index (χ0) is 23.4. The molecule has 1 aliphatic heterocycles. The van der Waals surface area contributed by atoms with Crippen LogP contribution in [-0.4, -0.2) is 38.2 Å². The Balaban J connectivity index is 1.62. The molecule has 0 saturated carbocycles. The summed E-state index contributed by atoms with van der Waals surface area (Å²) >= 11 is 0. The van der Waals surface area contributed by atoms with E-state index in [-0.39, 0.29) is 11.7 Å². The third-order valence-electron chi connectivity index (χ3n) is 6.33. The lowest BCUT2D eigenvalue weighted by atomic mass is 10.1. The van der Waals surface area contributed by atoms with Crippen molar-refractivity contribution >= 4 is 22.4 Å². The molecule has 1 amide bonds. The van der Waals surface area contributed by atoms with Crippen molar-refractivity contribution in [3.8, 4) is 0 Å². The summed E-state index contributed by atoms with van der Waals surface area (Å²) in [7, 11) is 3.65. The molecule has 0 N–H and O–H groups in total. The van der Waals surface area contributed by atoms with Crippen LogP contribution in [-0.2, 0) is 14.1 Å². The maximum atomic E-state index is 13.3. The SMILES string of the molecule is C/C(=C\N=c1ccc(F)cn1C)c1nn(C)c2cc(C(=O)N3CCCCCCCC3)ccc12. The van der Waals surface area contributed by atoms with Crippen LogP contribution in [0.25, 0.3) is 16.5 Å². The topological polar surface area (TPSA) is 55.4 Å². The van der Waals surface area contributed by atoms with Crippen molar-refractivity contribution in [3.05, 3.63) is 65.3 Å². The van der Waals surface area contributed by atoms with E-state index < -0.39 is 0 Å². The molecule has 2 aromatic heterocycles. The van der Waals surface area contributed by atoms with Gasteiger partial charge in [0.15, 0.2) is 0 Å². The average Bonchev–Trinajstić information content (AvgIpc) is 3.20. The maximum absolute atomic E-state index is 13.3. The van der Waals surface area contributed by atoms with Gasteiger partial charge in [-0.3, -0.25) is 9.48 Å². The molecule has 1 aliphatic rings. The Bertz CT molecular complexity index is 1240. The number of aryl methyl sites for hydroxylation is 2. The number of allylic oxidation sites excluding steroid dienone is 1. The van der Waals surface area contributed by atoms with E-state index in [1.54, 1.807) is 23.9 Å². The molecule has 0 unspecified atom stereocenters. The first-order chi connectivity index (χ1) is 15.9. The van der Waals surface area contributed by atoms with Gasteiger partial charge in [0, 0.05) is 50.5 Å². The van der Waals surface area contributed by atoms with Gasteiger partial charge in [-0.05, 0) is 55.7 Å². The minimum absolute atomic E-state index is 0.104. The van der Waals surface area contributed by atoms with Crippen LogP contribution in [0.5, 0.6) is 0 Å². The Hall–Kier alpha value is -3.22. The van der Waals surface area contributed by atoms with E-state index in [0.29, 0.717) is 11.1 Å². The Morgan fingerprint density at radius 3 is 2.42 bits per heavy atom. The van der Waals surface area contributed by atoms with Gasteiger partial charge < -0.3 is 9.47 Å². The third-order valence-corrected chi connectivity index (χ3v) is 6.33. The molecule has 0 spiro atoms. The Morgan fingerprint density at radius 2 is 1.73 bits per heavy atom. The van der Waals surface area contributed by atoms with Crippen LogP contribution in [0.2, 0.25) is 0 Å². The highest BCUT2D eigenvalue weighted by Crippen LogP contribution is 2.26. The Labute approximate surface area is 194 Å². The molecule has 0 aliphatic carbocycles. The van der Waals surface area contributed by atoms with Crippen molar-refractivity contribution in [2.45, 2.75) is 45.4 Å². The van der Waals surface area contributed by atoms with E-state index in [0.717, 1.165) is 48.1 Å². The smallest absolute Gasteiger partial charge is 0.253 e. The molecular formula is C26H32FN5O. The van der Waals surface area contributed by atoms with E-state index >= 15 is 0 Å². The molecule has 1 fully saturated rings. The van der Waals surface area contributed by atoms with Gasteiger partial charge >= 0.3 is 0 Å². The van der Waals surface area contributed by atoms with Crippen LogP contribution in [0.3, 0.4) is 0 Å². The van der Waals surface area contributed by atoms with E-state index in [4.69, 9.17) is 0 Å². The summed E-state index contributed by atoms with van der Waals surface area (Å²) < 4.78 is 16.8. The molecule has 3 heterocycles. The standard InChI is InChI=1S/C26H32FN5O/c1-19(17-28-24-13-11-21(27)18-30(24)2)25-22-12-10-20(16-23(22)31(3)29-25)26(33)32-14-8-6-4-5-7-9-15-32/h10-13,16-18H,4-9,14-15H2,1-3H3/b19-17+,28-24?. The van der Waals surface area contributed by atoms with E-state index in [9.17, 15) is 9.18 Å². The minimum Gasteiger partial charge on any atom is -0.339 e. The molecule has 33 heavy (non-hydrogen) atoms. The number of halogens is 1. The number of rotatable bonds is 3. The second-order valence-electron chi connectivity index (χ2n) is 8.88. The van der Waals surface area contributed by atoms with Gasteiger partial charge in [-0.15, -0.1) is 0 Å². The van der Waals surface area contributed by atoms with Crippen molar-refractivity contribution in [2.24, 2.45) is 19.1 Å². The number of carbonyl (C=O) groups excluding carboxylic acids is 1. The predicted molar refractivity (Wildman–Crippen MR) is 129 cm³/mol. The summed E-state index contributed by atoms with van der Waals surface area (Å²) in [6.45, 7) is 3.62. The fourth-order valence-electron chi connectivity index (χ4n) is 4.42. The fraction of sp³-hybridized carbons (Fsp3) is 0.423. The lowest BCUT2D eigenvalue weighted by Crippen LogP contribution is -2.32. The molecule has 0 bridgehead atoms. The molecule has 1 aromatic carbocycles. The van der Waals surface area contributed by atoms with Crippen molar-refractivity contribution in [3.63, 3.8) is 0 Å². The number of hydrogen-bond acceptors (Lipinski definition) is 3. The van der Waals surface area contributed by atoms with Crippen LogP contribution in [0, 0.1) is 5.82 Å². The summed E-state index contributed by atoms with van der Waals surface area (Å²) in [6.07, 6.45) is 10.2. The quantitative estimate of drug-likeness (QED) is 0.576. The summed E-state index contributed by atoms with van der Waals surface area (Å²) in [4.78, 5) is 19.7. The highest BCUT2D eigenvalue weighted by atomic mass is 19.1. The van der Waals surface area contributed by atoms with Crippen molar-refractivity contribution < 1.29 is 9.18 Å². The normalized spacial score (nSPS) is 16.5. The molecule has 0 radical (unpaired) electrons. The maximum Gasteiger partial charge on any atom is 0.253 e. The summed E-state index contributed by atoms with van der Waals surface area (Å²) in [5.41, 5.74) is 3.99. The van der Waals surface area contributed by atoms with Crippen molar-refractivity contribution in [2.75, 3.05) is 13.1 Å². The largest absolute Gasteiger partial charge is 0.339 e. The summed E-state index contributed by atoms with van der Waals surface area (Å²) in [6, 6.07) is 8.87. The second-order valence-corrected chi connectivity index (χ2v) is 8.88. The Kier molecular flexibility index (Phi) is 7.06. The molecular weight excluding hydrogens is 417 g/mol. The number of hydrogen-bond donors (Lipinski definition) is 0. The van der Waals surface area contributed by atoms with Crippen LogP contribution in [0.4, 0.5) is 4.39 Å². The van der Waals surface area contributed by atoms with Gasteiger partial charge in [-0.25, -0.2) is 9.38 Å². The number of benzene rings is 1. The predicted octanol–water partition coefficient (Wildman–Crippen LogP) is 4.81. The summed E-state index contributed by atoms with van der Waals surface area (Å²) in [5.74, 6) is -0.197. The van der Waals surface area contributed by atoms with Crippen LogP contribution in [0.15, 0.2) is 47.7 Å². The average molecular weight is 450 g/mol. The number of pyridine rings is 1. The zero-order valence-corrected chi connectivity index (χ0v) is 19.7. The van der Waals surface area contributed by atoms with E-state index in [1.165, 1.54) is 37.9 Å². The lowest BCUT2D eigenvalue weighted by molar-refractivity contribution is 0.0752. The first kappa shape index (κ1) is 23.0. The zero-order valence-electron chi connectivity index (χ0n) is 19.7. The van der Waals surface area contributed by atoms with Gasteiger partial charge in [-0.2, -0.15) is 5.10 Å². The number of nitrogens with zero attached hydrogens (tertiary/aromatic N) is 5. The molecule has 6 nitrogen and oxygen atoms in total. The van der Waals surface area contributed by atoms with Gasteiger partial charge in [0.25, 0.3) is 5.91 Å². The number of carbonyl (C=O) groups is 1. The van der Waals surface area contributed by atoms with Gasteiger partial charge in [0.1, 0.15) is 11.3 Å². The first-order valence-corrected chi connectivity index (χ1v) is 11.7. The van der Waals surface area contributed by atoms with Gasteiger partial charge in [0.2, 0.25) is 0 Å². The fourth-order valence-corrected chi connectivity index (χ4v) is 4.42. The van der Waals surface area contributed by atoms with Gasteiger partial charge in [0.05, 0.1) is 11.2 Å². The third kappa shape index (κ3) is 5.24. The lowest BCUT2D eigenvalue weighted by Gasteiger charge is -2.22. The monoisotopic (exact) mass is 449 g/mol. The summed E-state index contributed by atoms with van der Waals surface area (Å²) in [5, 5.41) is 5.67. The van der Waals surface area contributed by atoms with Crippen molar-refractivity contribution in [1.29, 1.82) is 0 Å². The van der Waals surface area contributed by atoms with E-state index in [2.05, 4.69) is 10.1 Å². The second kappa shape index (κ2) is 10.1. The first-order valence-electron chi connectivity index (χ1n) is 11.7. The van der Waals surface area contributed by atoms with E-state index in [1.807, 2.05) is 41.8 Å². The number of aromatic nitrogens is 3. The Morgan fingerprint density at radius 1 is 1.03 bits per heavy atom. The highest BCUT2D eigenvalue weighted by molar-refractivity contribution is 6.00.